The Hall–Kier alpha value is -1.59. The number of ether oxygens (including phenoxy) is 2. The summed E-state index contributed by atoms with van der Waals surface area (Å²) in [6.07, 6.45) is 0.531. The molecule has 0 unspecified atom stereocenters. The average molecular weight is 346 g/mol. The number of methoxy groups -OCH3 is 1. The molecule has 5 heteroatoms. The number of rotatable bonds is 5. The van der Waals surface area contributed by atoms with Gasteiger partial charge in [-0.05, 0) is 23.5 Å². The highest BCUT2D eigenvalue weighted by Crippen LogP contribution is 2.30. The minimum absolute atomic E-state index is 0.154. The second-order valence-electron chi connectivity index (χ2n) is 7.34. The number of carbonyl (C=O) groups is 1. The molecule has 0 saturated carbocycles. The van der Waals surface area contributed by atoms with E-state index in [-0.39, 0.29) is 11.8 Å². The molecule has 0 aromatic heterocycles. The molecule has 2 aliphatic heterocycles. The zero-order valence-corrected chi connectivity index (χ0v) is 15.6. The Balaban J connectivity index is 1.59. The fourth-order valence-corrected chi connectivity index (χ4v) is 4.11. The van der Waals surface area contributed by atoms with Crippen LogP contribution in [0, 0.1) is 5.92 Å². The van der Waals surface area contributed by atoms with Crippen LogP contribution in [0.5, 0.6) is 5.75 Å². The number of para-hydroxylation sites is 1. The number of morpholine rings is 1. The van der Waals surface area contributed by atoms with E-state index < -0.39 is 0 Å². The van der Waals surface area contributed by atoms with Gasteiger partial charge < -0.3 is 14.4 Å². The Morgan fingerprint density at radius 3 is 2.72 bits per heavy atom. The number of benzene rings is 1. The number of carbonyl (C=O) groups excluding carboxylic acids is 1. The van der Waals surface area contributed by atoms with Crippen molar-refractivity contribution in [3.63, 3.8) is 0 Å². The summed E-state index contributed by atoms with van der Waals surface area (Å²) in [4.78, 5) is 17.4. The monoisotopic (exact) mass is 346 g/mol. The molecule has 0 bridgehead atoms. The van der Waals surface area contributed by atoms with E-state index >= 15 is 0 Å². The summed E-state index contributed by atoms with van der Waals surface area (Å²) < 4.78 is 10.9. The molecular weight excluding hydrogens is 316 g/mol. The van der Waals surface area contributed by atoms with Crippen molar-refractivity contribution in [2.45, 2.75) is 32.2 Å². The highest BCUT2D eigenvalue weighted by atomic mass is 16.5. The smallest absolute Gasteiger partial charge is 0.223 e. The number of nitrogens with zero attached hydrogens (tertiary/aromatic N) is 2. The Labute approximate surface area is 150 Å². The third-order valence-electron chi connectivity index (χ3n) is 5.59. The van der Waals surface area contributed by atoms with E-state index in [4.69, 9.17) is 9.47 Å². The second kappa shape index (κ2) is 8.19. The molecule has 3 rings (SSSR count). The first-order valence-corrected chi connectivity index (χ1v) is 9.32. The molecule has 0 N–H and O–H groups in total. The van der Waals surface area contributed by atoms with Crippen LogP contribution < -0.4 is 4.74 Å². The molecule has 2 aliphatic rings. The molecule has 2 heterocycles. The van der Waals surface area contributed by atoms with E-state index in [9.17, 15) is 4.79 Å². The second-order valence-corrected chi connectivity index (χ2v) is 7.34. The van der Waals surface area contributed by atoms with Gasteiger partial charge in [-0.2, -0.15) is 0 Å². The third kappa shape index (κ3) is 4.15. The lowest BCUT2D eigenvalue weighted by Gasteiger charge is -2.34. The quantitative estimate of drug-likeness (QED) is 0.821. The fourth-order valence-electron chi connectivity index (χ4n) is 4.11. The molecule has 0 radical (unpaired) electrons. The van der Waals surface area contributed by atoms with Crippen LogP contribution in [0.2, 0.25) is 0 Å². The summed E-state index contributed by atoms with van der Waals surface area (Å²) >= 11 is 0. The van der Waals surface area contributed by atoms with Gasteiger partial charge in [0.2, 0.25) is 5.91 Å². The van der Waals surface area contributed by atoms with Crippen molar-refractivity contribution in [3.8, 4) is 5.75 Å². The van der Waals surface area contributed by atoms with Crippen molar-refractivity contribution in [1.82, 2.24) is 9.80 Å². The molecule has 138 valence electrons. The molecule has 1 aromatic carbocycles. The van der Waals surface area contributed by atoms with Gasteiger partial charge in [0, 0.05) is 38.6 Å². The summed E-state index contributed by atoms with van der Waals surface area (Å²) in [6, 6.07) is 8.45. The van der Waals surface area contributed by atoms with Gasteiger partial charge in [0.05, 0.1) is 20.3 Å². The number of hydrogen-bond acceptors (Lipinski definition) is 4. The third-order valence-corrected chi connectivity index (χ3v) is 5.59. The standard InChI is InChI=1S/C20H30N2O3/c1-15(17-6-4-5-7-19(17)24-3)12-20(23)22-13-16(2)18(14-22)21-8-10-25-11-9-21/h4-7,15-16,18H,8-14H2,1-3H3/t15-,16+,18+/m1/s1. The molecule has 2 fully saturated rings. The lowest BCUT2D eigenvalue weighted by molar-refractivity contribution is -0.130. The highest BCUT2D eigenvalue weighted by Gasteiger charge is 2.36. The fraction of sp³-hybridized carbons (Fsp3) is 0.650. The Bertz CT molecular complexity index is 586. The van der Waals surface area contributed by atoms with Crippen LogP contribution in [0.15, 0.2) is 24.3 Å². The zero-order chi connectivity index (χ0) is 17.8. The molecule has 3 atom stereocenters. The summed E-state index contributed by atoms with van der Waals surface area (Å²) in [5.41, 5.74) is 1.11. The largest absolute Gasteiger partial charge is 0.496 e. The van der Waals surface area contributed by atoms with E-state index in [0.717, 1.165) is 50.7 Å². The van der Waals surface area contributed by atoms with Crippen LogP contribution in [-0.2, 0) is 9.53 Å². The maximum Gasteiger partial charge on any atom is 0.223 e. The van der Waals surface area contributed by atoms with Gasteiger partial charge in [0.15, 0.2) is 0 Å². The first-order valence-electron chi connectivity index (χ1n) is 9.32. The van der Waals surface area contributed by atoms with Crippen LogP contribution >= 0.6 is 0 Å². The molecule has 0 spiro atoms. The number of amides is 1. The maximum atomic E-state index is 12.8. The number of hydrogen-bond donors (Lipinski definition) is 0. The molecular formula is C20H30N2O3. The normalized spacial score (nSPS) is 25.8. The first kappa shape index (κ1) is 18.2. The van der Waals surface area contributed by atoms with E-state index in [1.165, 1.54) is 0 Å². The van der Waals surface area contributed by atoms with Crippen molar-refractivity contribution in [2.75, 3.05) is 46.5 Å². The van der Waals surface area contributed by atoms with Crippen LogP contribution in [0.25, 0.3) is 0 Å². The zero-order valence-electron chi connectivity index (χ0n) is 15.6. The Morgan fingerprint density at radius 2 is 2.00 bits per heavy atom. The maximum absolute atomic E-state index is 12.8. The molecule has 5 nitrogen and oxygen atoms in total. The van der Waals surface area contributed by atoms with Gasteiger partial charge in [-0.1, -0.05) is 32.0 Å². The molecule has 1 aromatic rings. The Morgan fingerprint density at radius 1 is 1.28 bits per heavy atom. The van der Waals surface area contributed by atoms with Crippen molar-refractivity contribution in [1.29, 1.82) is 0 Å². The van der Waals surface area contributed by atoms with E-state index in [2.05, 4.69) is 29.7 Å². The lowest BCUT2D eigenvalue weighted by Crippen LogP contribution is -2.47. The predicted molar refractivity (Wildman–Crippen MR) is 98.0 cm³/mol. The van der Waals surface area contributed by atoms with Crippen molar-refractivity contribution < 1.29 is 14.3 Å². The minimum Gasteiger partial charge on any atom is -0.496 e. The van der Waals surface area contributed by atoms with Crippen LogP contribution in [-0.4, -0.2) is 68.3 Å². The van der Waals surface area contributed by atoms with Gasteiger partial charge in [0.25, 0.3) is 0 Å². The minimum atomic E-state index is 0.154. The van der Waals surface area contributed by atoms with Crippen LogP contribution in [0.4, 0.5) is 0 Å². The molecule has 25 heavy (non-hydrogen) atoms. The van der Waals surface area contributed by atoms with Crippen molar-refractivity contribution >= 4 is 5.91 Å². The predicted octanol–water partition coefficient (Wildman–Crippen LogP) is 2.37. The summed E-state index contributed by atoms with van der Waals surface area (Å²) in [5, 5.41) is 0. The van der Waals surface area contributed by atoms with E-state index in [0.29, 0.717) is 18.4 Å². The van der Waals surface area contributed by atoms with Gasteiger partial charge in [-0.3, -0.25) is 9.69 Å². The summed E-state index contributed by atoms with van der Waals surface area (Å²) in [5.74, 6) is 1.79. The number of likely N-dealkylation sites (tertiary alicyclic amines) is 1. The van der Waals surface area contributed by atoms with Gasteiger partial charge in [-0.15, -0.1) is 0 Å². The van der Waals surface area contributed by atoms with Gasteiger partial charge >= 0.3 is 0 Å². The average Bonchev–Trinajstić information content (AvgIpc) is 3.04. The molecule has 1 amide bonds. The van der Waals surface area contributed by atoms with E-state index in [1.807, 2.05) is 18.2 Å². The summed E-state index contributed by atoms with van der Waals surface area (Å²) in [7, 11) is 1.68. The van der Waals surface area contributed by atoms with E-state index in [1.54, 1.807) is 7.11 Å². The SMILES string of the molecule is COc1ccccc1[C@H](C)CC(=O)N1C[C@H](C)[C@@H](N2CCOCC2)C1. The first-order chi connectivity index (χ1) is 12.1. The van der Waals surface area contributed by atoms with Crippen LogP contribution in [0.1, 0.15) is 31.7 Å². The molecule has 2 saturated heterocycles. The molecule has 0 aliphatic carbocycles. The topological polar surface area (TPSA) is 42.0 Å². The van der Waals surface area contributed by atoms with Crippen molar-refractivity contribution in [2.24, 2.45) is 5.92 Å². The van der Waals surface area contributed by atoms with Gasteiger partial charge in [0.1, 0.15) is 5.75 Å². The summed E-state index contributed by atoms with van der Waals surface area (Å²) in [6.45, 7) is 9.65. The van der Waals surface area contributed by atoms with Crippen molar-refractivity contribution in [3.05, 3.63) is 29.8 Å². The van der Waals surface area contributed by atoms with Gasteiger partial charge in [-0.25, -0.2) is 0 Å². The lowest BCUT2D eigenvalue weighted by atomic mass is 9.96. The van der Waals surface area contributed by atoms with Crippen LogP contribution in [0.3, 0.4) is 0 Å². The Kier molecular flexibility index (Phi) is 5.97. The highest BCUT2D eigenvalue weighted by molar-refractivity contribution is 5.77.